The van der Waals surface area contributed by atoms with Crippen molar-refractivity contribution in [2.75, 3.05) is 29.8 Å². The number of nitrogens with zero attached hydrogens (tertiary/aromatic N) is 1. The summed E-state index contributed by atoms with van der Waals surface area (Å²) in [5.41, 5.74) is 0.671. The van der Waals surface area contributed by atoms with E-state index in [0.29, 0.717) is 43.5 Å². The second kappa shape index (κ2) is 6.23. The van der Waals surface area contributed by atoms with Gasteiger partial charge in [-0.3, -0.25) is 4.31 Å². The van der Waals surface area contributed by atoms with Gasteiger partial charge in [0.2, 0.25) is 10.0 Å². The molecule has 1 aromatic carbocycles. The molecule has 1 saturated carbocycles. The van der Waals surface area contributed by atoms with Crippen LogP contribution in [0.25, 0.3) is 0 Å². The van der Waals surface area contributed by atoms with Crippen molar-refractivity contribution >= 4 is 15.7 Å². The molecule has 2 aliphatic rings. The normalized spacial score (nSPS) is 18.8. The molecule has 21 heavy (non-hydrogen) atoms. The van der Waals surface area contributed by atoms with Gasteiger partial charge in [-0.25, -0.2) is 8.42 Å². The van der Waals surface area contributed by atoms with Gasteiger partial charge in [-0.15, -0.1) is 0 Å². The summed E-state index contributed by atoms with van der Waals surface area (Å²) in [6.07, 6.45) is 3.82. The molecule has 1 aromatic rings. The zero-order valence-corrected chi connectivity index (χ0v) is 12.9. The Kier molecular flexibility index (Phi) is 4.35. The summed E-state index contributed by atoms with van der Waals surface area (Å²) >= 11 is 0. The van der Waals surface area contributed by atoms with E-state index in [9.17, 15) is 8.42 Å². The summed E-state index contributed by atoms with van der Waals surface area (Å²) in [6, 6.07) is 8.00. The monoisotopic (exact) mass is 310 g/mol. The molecule has 0 radical (unpaired) electrons. The third-order valence-electron chi connectivity index (χ3n) is 3.82. The first-order valence-electron chi connectivity index (χ1n) is 7.62. The molecule has 0 bridgehead atoms. The van der Waals surface area contributed by atoms with Crippen LogP contribution in [0, 0.1) is 0 Å². The lowest BCUT2D eigenvalue weighted by atomic mass is 10.3. The van der Waals surface area contributed by atoms with Crippen molar-refractivity contribution in [2.24, 2.45) is 0 Å². The standard InChI is InChI=1S/C15H22N2O3S/c18-21(19,12-3-9-16-13-7-8-13)17-10-4-11-20-15-6-2-1-5-14(15)17/h1-2,5-6,13,16H,3-4,7-12H2. The fraction of sp³-hybridized carbons (Fsp3) is 0.600. The average molecular weight is 310 g/mol. The SMILES string of the molecule is O=S(=O)(CCCNC1CC1)N1CCCOc2ccccc21. The molecule has 5 nitrogen and oxygen atoms in total. The Hall–Kier alpha value is -1.27. The molecule has 0 atom stereocenters. The van der Waals surface area contributed by atoms with Gasteiger partial charge in [-0.2, -0.15) is 0 Å². The fourth-order valence-corrected chi connectivity index (χ4v) is 4.13. The van der Waals surface area contributed by atoms with Gasteiger partial charge >= 0.3 is 0 Å². The highest BCUT2D eigenvalue weighted by atomic mass is 32.2. The topological polar surface area (TPSA) is 58.6 Å². The highest BCUT2D eigenvalue weighted by Gasteiger charge is 2.27. The van der Waals surface area contributed by atoms with E-state index in [2.05, 4.69) is 5.32 Å². The quantitative estimate of drug-likeness (QED) is 0.813. The molecule has 1 fully saturated rings. The van der Waals surface area contributed by atoms with E-state index in [1.54, 1.807) is 0 Å². The minimum atomic E-state index is -3.28. The fourth-order valence-electron chi connectivity index (χ4n) is 2.54. The van der Waals surface area contributed by atoms with Crippen LogP contribution >= 0.6 is 0 Å². The van der Waals surface area contributed by atoms with E-state index in [4.69, 9.17) is 4.74 Å². The predicted molar refractivity (Wildman–Crippen MR) is 83.3 cm³/mol. The number of sulfonamides is 1. The number of nitrogens with one attached hydrogen (secondary N) is 1. The van der Waals surface area contributed by atoms with Crippen LogP contribution in [0.4, 0.5) is 5.69 Å². The molecule has 1 aliphatic heterocycles. The molecule has 1 aliphatic carbocycles. The van der Waals surface area contributed by atoms with Crippen LogP contribution in [0.3, 0.4) is 0 Å². The first-order chi connectivity index (χ1) is 10.2. The van der Waals surface area contributed by atoms with E-state index >= 15 is 0 Å². The molecule has 1 heterocycles. The number of fused-ring (bicyclic) bond motifs is 1. The first kappa shape index (κ1) is 14.7. The Bertz CT molecular complexity index is 584. The highest BCUT2D eigenvalue weighted by molar-refractivity contribution is 7.92. The van der Waals surface area contributed by atoms with Crippen molar-refractivity contribution in [3.05, 3.63) is 24.3 Å². The molecule has 0 unspecified atom stereocenters. The maximum absolute atomic E-state index is 12.6. The summed E-state index contributed by atoms with van der Waals surface area (Å²) in [5.74, 6) is 0.843. The van der Waals surface area contributed by atoms with Crippen LogP contribution in [-0.2, 0) is 10.0 Å². The summed E-state index contributed by atoms with van der Waals surface area (Å²) in [6.45, 7) is 1.83. The molecule has 0 aromatic heterocycles. The number of anilines is 1. The lowest BCUT2D eigenvalue weighted by molar-refractivity contribution is 0.322. The van der Waals surface area contributed by atoms with Crippen molar-refractivity contribution in [1.82, 2.24) is 5.32 Å². The van der Waals surface area contributed by atoms with Gasteiger partial charge in [0.1, 0.15) is 5.75 Å². The molecule has 116 valence electrons. The second-order valence-electron chi connectivity index (χ2n) is 5.64. The van der Waals surface area contributed by atoms with Gasteiger partial charge in [-0.1, -0.05) is 12.1 Å². The average Bonchev–Trinajstić information content (AvgIpc) is 3.29. The molecular weight excluding hydrogens is 288 g/mol. The van der Waals surface area contributed by atoms with Crippen LogP contribution in [-0.4, -0.2) is 39.9 Å². The number of hydrogen-bond donors (Lipinski definition) is 1. The molecular formula is C15H22N2O3S. The number of rotatable bonds is 6. The summed E-state index contributed by atoms with van der Waals surface area (Å²) in [5, 5.41) is 3.36. The van der Waals surface area contributed by atoms with Crippen LogP contribution in [0.15, 0.2) is 24.3 Å². The Labute approximate surface area is 126 Å². The first-order valence-corrected chi connectivity index (χ1v) is 9.23. The zero-order valence-electron chi connectivity index (χ0n) is 12.1. The van der Waals surface area contributed by atoms with Gasteiger partial charge in [0.25, 0.3) is 0 Å². The third-order valence-corrected chi connectivity index (χ3v) is 5.68. The maximum Gasteiger partial charge on any atom is 0.235 e. The van der Waals surface area contributed by atoms with E-state index in [1.807, 2.05) is 24.3 Å². The number of ether oxygens (including phenoxy) is 1. The van der Waals surface area contributed by atoms with Gasteiger partial charge in [0.15, 0.2) is 0 Å². The molecule has 3 rings (SSSR count). The lowest BCUT2D eigenvalue weighted by Crippen LogP contribution is -2.34. The van der Waals surface area contributed by atoms with Gasteiger partial charge < -0.3 is 10.1 Å². The van der Waals surface area contributed by atoms with Gasteiger partial charge in [-0.05, 0) is 37.9 Å². The predicted octanol–water partition coefficient (Wildman–Crippen LogP) is 1.75. The Balaban J connectivity index is 1.68. The van der Waals surface area contributed by atoms with E-state index in [-0.39, 0.29) is 5.75 Å². The zero-order chi connectivity index (χ0) is 14.7. The Morgan fingerprint density at radius 1 is 1.29 bits per heavy atom. The Morgan fingerprint density at radius 3 is 2.90 bits per heavy atom. The maximum atomic E-state index is 12.6. The van der Waals surface area contributed by atoms with E-state index < -0.39 is 10.0 Å². The second-order valence-corrected chi connectivity index (χ2v) is 7.65. The number of para-hydroxylation sites is 2. The summed E-state index contributed by atoms with van der Waals surface area (Å²) < 4.78 is 32.3. The van der Waals surface area contributed by atoms with Crippen molar-refractivity contribution in [3.8, 4) is 5.75 Å². The van der Waals surface area contributed by atoms with Crippen LogP contribution in [0.2, 0.25) is 0 Å². The Morgan fingerprint density at radius 2 is 2.10 bits per heavy atom. The molecule has 1 N–H and O–H groups in total. The van der Waals surface area contributed by atoms with E-state index in [0.717, 1.165) is 6.54 Å². The lowest BCUT2D eigenvalue weighted by Gasteiger charge is -2.23. The largest absolute Gasteiger partial charge is 0.491 e. The van der Waals surface area contributed by atoms with Crippen LogP contribution in [0.1, 0.15) is 25.7 Å². The van der Waals surface area contributed by atoms with Gasteiger partial charge in [0.05, 0.1) is 18.0 Å². The summed E-state index contributed by atoms with van der Waals surface area (Å²) in [7, 11) is -3.28. The van der Waals surface area contributed by atoms with Gasteiger partial charge in [0, 0.05) is 19.0 Å². The van der Waals surface area contributed by atoms with Crippen molar-refractivity contribution in [2.45, 2.75) is 31.7 Å². The van der Waals surface area contributed by atoms with Crippen LogP contribution in [0.5, 0.6) is 5.75 Å². The molecule has 0 spiro atoms. The van der Waals surface area contributed by atoms with Crippen molar-refractivity contribution in [3.63, 3.8) is 0 Å². The van der Waals surface area contributed by atoms with E-state index in [1.165, 1.54) is 17.1 Å². The highest BCUT2D eigenvalue weighted by Crippen LogP contribution is 2.32. The minimum absolute atomic E-state index is 0.182. The van der Waals surface area contributed by atoms with Crippen molar-refractivity contribution in [1.29, 1.82) is 0 Å². The molecule has 6 heteroatoms. The summed E-state index contributed by atoms with van der Waals surface area (Å²) in [4.78, 5) is 0. The molecule has 0 saturated heterocycles. The smallest absolute Gasteiger partial charge is 0.235 e. The van der Waals surface area contributed by atoms with Crippen molar-refractivity contribution < 1.29 is 13.2 Å². The van der Waals surface area contributed by atoms with Crippen LogP contribution < -0.4 is 14.4 Å². The minimum Gasteiger partial charge on any atom is -0.491 e. The number of hydrogen-bond acceptors (Lipinski definition) is 4. The third kappa shape index (κ3) is 3.68. The molecule has 0 amide bonds. The number of benzene rings is 1.